The van der Waals surface area contributed by atoms with E-state index >= 15 is 0 Å². The second-order valence-corrected chi connectivity index (χ2v) is 13.3. The third kappa shape index (κ3) is 9.72. The summed E-state index contributed by atoms with van der Waals surface area (Å²) in [6.07, 6.45) is 11.0. The molecule has 4 N–H and O–H groups in total. The largest absolute Gasteiger partial charge is 0.461 e. The van der Waals surface area contributed by atoms with Crippen molar-refractivity contribution < 1.29 is 23.6 Å². The Hall–Kier alpha value is -4.64. The summed E-state index contributed by atoms with van der Waals surface area (Å²) < 4.78 is 5.66. The molecule has 14 nitrogen and oxygen atoms in total. The predicted octanol–water partition coefficient (Wildman–Crippen LogP) is 2.53. The maximum atomic E-state index is 13.2. The molecule has 4 amide bonds. The van der Waals surface area contributed by atoms with Crippen molar-refractivity contribution in [3.05, 3.63) is 30.0 Å². The van der Waals surface area contributed by atoms with Crippen molar-refractivity contribution in [2.45, 2.75) is 83.2 Å². The number of fused-ring (bicyclic) bond motifs is 1. The van der Waals surface area contributed by atoms with Crippen LogP contribution in [-0.4, -0.2) is 114 Å². The van der Waals surface area contributed by atoms with E-state index in [2.05, 4.69) is 15.6 Å². The molecule has 2 aromatic rings. The van der Waals surface area contributed by atoms with Crippen LogP contribution in [0.2, 0.25) is 0 Å². The van der Waals surface area contributed by atoms with Gasteiger partial charge in [-0.05, 0) is 89.3 Å². The van der Waals surface area contributed by atoms with Crippen LogP contribution in [0.25, 0.3) is 11.0 Å². The number of benzene rings is 1. The van der Waals surface area contributed by atoms with Crippen molar-refractivity contribution in [2.24, 2.45) is 10.7 Å². The number of nitrogens with one attached hydrogen (secondary N) is 2. The van der Waals surface area contributed by atoms with Crippen LogP contribution in [0.5, 0.6) is 0 Å². The first-order chi connectivity index (χ1) is 23.7. The fourth-order valence-corrected chi connectivity index (χ4v) is 6.80. The maximum absolute atomic E-state index is 13.2. The molecule has 0 radical (unpaired) electrons. The first-order valence-corrected chi connectivity index (χ1v) is 17.6. The minimum atomic E-state index is -0.651. The number of guanidine groups is 1. The molecule has 1 aromatic heterocycles. The highest BCUT2D eigenvalue weighted by Crippen LogP contribution is 2.23. The number of carbonyl (C=O) groups excluding carboxylic acids is 4. The van der Waals surface area contributed by atoms with E-state index in [1.165, 1.54) is 0 Å². The topological polar surface area (TPSA) is 181 Å². The third-order valence-corrected chi connectivity index (χ3v) is 9.51. The SMILES string of the molecule is Cc1cc2ccc(NC(=NC3CCCCN(CC(=O)N4CCCC4)C3=O)NC#N)cc2o1.N[C@H]1CCCCN(CC(=O)N2CCCC2)C1=O. The van der Waals surface area contributed by atoms with Gasteiger partial charge in [-0.3, -0.25) is 24.5 Å². The Labute approximate surface area is 287 Å². The van der Waals surface area contributed by atoms with Gasteiger partial charge in [0.15, 0.2) is 6.19 Å². The molecule has 0 bridgehead atoms. The second kappa shape index (κ2) is 17.1. The molecule has 4 fully saturated rings. The summed E-state index contributed by atoms with van der Waals surface area (Å²) >= 11 is 0. The summed E-state index contributed by atoms with van der Waals surface area (Å²) in [5, 5.41) is 15.8. The number of anilines is 1. The zero-order valence-corrected chi connectivity index (χ0v) is 28.5. The van der Waals surface area contributed by atoms with Crippen molar-refractivity contribution in [3.63, 3.8) is 0 Å². The zero-order valence-electron chi connectivity index (χ0n) is 28.5. The number of furan rings is 1. The number of likely N-dealkylation sites (tertiary alicyclic amines) is 4. The van der Waals surface area contributed by atoms with E-state index in [4.69, 9.17) is 10.2 Å². The molecule has 0 saturated carbocycles. The van der Waals surface area contributed by atoms with Gasteiger partial charge < -0.3 is 35.1 Å². The van der Waals surface area contributed by atoms with Gasteiger partial charge >= 0.3 is 0 Å². The Morgan fingerprint density at radius 2 is 1.43 bits per heavy atom. The molecule has 49 heavy (non-hydrogen) atoms. The molecule has 264 valence electrons. The summed E-state index contributed by atoms with van der Waals surface area (Å²) in [5.41, 5.74) is 7.20. The Balaban J connectivity index is 0.000000232. The van der Waals surface area contributed by atoms with E-state index in [1.807, 2.05) is 47.2 Å². The molecule has 6 rings (SSSR count). The molecule has 1 aromatic carbocycles. The molecule has 4 aliphatic rings. The van der Waals surface area contributed by atoms with E-state index in [9.17, 15) is 24.4 Å². The van der Waals surface area contributed by atoms with Crippen molar-refractivity contribution in [3.8, 4) is 6.19 Å². The van der Waals surface area contributed by atoms with Crippen LogP contribution >= 0.6 is 0 Å². The molecular formula is C35H49N9O5. The van der Waals surface area contributed by atoms with Crippen LogP contribution in [0.3, 0.4) is 0 Å². The number of hydrogen-bond donors (Lipinski definition) is 3. The zero-order chi connectivity index (χ0) is 34.8. The molecule has 0 spiro atoms. The first-order valence-electron chi connectivity index (χ1n) is 17.6. The van der Waals surface area contributed by atoms with Crippen LogP contribution in [0.1, 0.15) is 70.0 Å². The number of nitriles is 1. The number of aliphatic imine (C=N–C) groups is 1. The van der Waals surface area contributed by atoms with Gasteiger partial charge in [-0.25, -0.2) is 4.99 Å². The second-order valence-electron chi connectivity index (χ2n) is 13.3. The van der Waals surface area contributed by atoms with Crippen LogP contribution in [0.4, 0.5) is 5.69 Å². The highest BCUT2D eigenvalue weighted by atomic mass is 16.3. The Morgan fingerprint density at radius 3 is 2.04 bits per heavy atom. The van der Waals surface area contributed by atoms with Gasteiger partial charge in [-0.15, -0.1) is 0 Å². The van der Waals surface area contributed by atoms with E-state index in [0.29, 0.717) is 25.2 Å². The lowest BCUT2D eigenvalue weighted by Gasteiger charge is -2.25. The third-order valence-electron chi connectivity index (χ3n) is 9.51. The van der Waals surface area contributed by atoms with Crippen molar-refractivity contribution in [1.29, 1.82) is 5.26 Å². The number of rotatable bonds is 6. The first kappa shape index (κ1) is 35.7. The standard InChI is InChI=1S/C23H28N6O3.C12H21N3O2/c1-16-12-17-7-8-18(13-20(17)32-16)26-23(25-15-24)27-19-6-2-3-11-29(22(19)31)14-21(30)28-9-4-5-10-28;13-10-5-1-2-8-15(12(10)17)9-11(16)14-6-3-4-7-14/h7-8,12-13,19H,2-6,9-11,14H2,1H3,(H2,25,26,27);10H,1-9,13H2/t;10-/m.0/s1. The van der Waals surface area contributed by atoms with Gasteiger partial charge in [0.05, 0.1) is 19.1 Å². The van der Waals surface area contributed by atoms with Gasteiger partial charge in [-0.2, -0.15) is 5.26 Å². The minimum Gasteiger partial charge on any atom is -0.461 e. The van der Waals surface area contributed by atoms with E-state index in [-0.39, 0.29) is 42.7 Å². The number of nitrogens with two attached hydrogens (primary N) is 1. The number of hydrogen-bond acceptors (Lipinski definition) is 8. The smallest absolute Gasteiger partial charge is 0.247 e. The van der Waals surface area contributed by atoms with Crippen molar-refractivity contribution in [2.75, 3.05) is 57.7 Å². The van der Waals surface area contributed by atoms with Gasteiger partial charge in [0.25, 0.3) is 0 Å². The molecule has 1 unspecified atom stereocenters. The molecule has 5 heterocycles. The molecule has 14 heteroatoms. The van der Waals surface area contributed by atoms with Crippen LogP contribution in [-0.2, 0) is 19.2 Å². The fourth-order valence-electron chi connectivity index (χ4n) is 6.80. The van der Waals surface area contributed by atoms with E-state index < -0.39 is 12.1 Å². The average molecular weight is 676 g/mol. The molecular weight excluding hydrogens is 626 g/mol. The van der Waals surface area contributed by atoms with Crippen LogP contribution < -0.4 is 16.4 Å². The summed E-state index contributed by atoms with van der Waals surface area (Å²) in [7, 11) is 0. The highest BCUT2D eigenvalue weighted by molar-refractivity contribution is 5.98. The van der Waals surface area contributed by atoms with Crippen LogP contribution in [0.15, 0.2) is 33.7 Å². The summed E-state index contributed by atoms with van der Waals surface area (Å²) in [6, 6.07) is 6.49. The summed E-state index contributed by atoms with van der Waals surface area (Å²) in [5.74, 6) is 0.845. The van der Waals surface area contributed by atoms with Gasteiger partial charge in [0.1, 0.15) is 17.4 Å². The van der Waals surface area contributed by atoms with Crippen LogP contribution in [0, 0.1) is 18.4 Å². The molecule has 0 aliphatic carbocycles. The Bertz CT molecular complexity index is 1550. The lowest BCUT2D eigenvalue weighted by atomic mass is 10.1. The Morgan fingerprint density at radius 1 is 0.857 bits per heavy atom. The molecule has 2 atom stereocenters. The van der Waals surface area contributed by atoms with E-state index in [0.717, 1.165) is 101 Å². The quantitative estimate of drug-likeness (QED) is 0.179. The van der Waals surface area contributed by atoms with Crippen molar-refractivity contribution in [1.82, 2.24) is 24.9 Å². The van der Waals surface area contributed by atoms with Gasteiger partial charge in [0.2, 0.25) is 29.6 Å². The van der Waals surface area contributed by atoms with E-state index in [1.54, 1.807) is 9.80 Å². The predicted molar refractivity (Wildman–Crippen MR) is 185 cm³/mol. The normalized spacial score (nSPS) is 21.9. The number of amides is 4. The lowest BCUT2D eigenvalue weighted by molar-refractivity contribution is -0.140. The van der Waals surface area contributed by atoms with Gasteiger partial charge in [-0.1, -0.05) is 0 Å². The highest BCUT2D eigenvalue weighted by Gasteiger charge is 2.31. The number of nitrogens with zero attached hydrogens (tertiary/aromatic N) is 6. The lowest BCUT2D eigenvalue weighted by Crippen LogP contribution is -2.47. The average Bonchev–Trinajstić information content (AvgIpc) is 3.85. The molecule has 4 aliphatic heterocycles. The van der Waals surface area contributed by atoms with Gasteiger partial charge in [0, 0.05) is 56.4 Å². The monoisotopic (exact) mass is 675 g/mol. The number of aryl methyl sites for hydroxylation is 1. The number of carbonyl (C=O) groups is 4. The fraction of sp³-hybridized carbons (Fsp3) is 0.600. The molecule has 4 saturated heterocycles. The van der Waals surface area contributed by atoms with Crippen molar-refractivity contribution >= 4 is 46.2 Å². The minimum absolute atomic E-state index is 0.00368. The maximum Gasteiger partial charge on any atom is 0.247 e. The Kier molecular flexibility index (Phi) is 12.5. The summed E-state index contributed by atoms with van der Waals surface area (Å²) in [6.45, 7) is 6.62. The summed E-state index contributed by atoms with van der Waals surface area (Å²) in [4.78, 5) is 61.1.